The van der Waals surface area contributed by atoms with Crippen LogP contribution in [-0.4, -0.2) is 23.1 Å². The molecule has 5 rings (SSSR count). The molecule has 170 valence electrons. The number of aromatic nitrogens is 1. The number of carbonyl (C=O) groups excluding carboxylic acids is 1. The zero-order valence-corrected chi connectivity index (χ0v) is 19.1. The molecule has 1 aromatic rings. The van der Waals surface area contributed by atoms with Gasteiger partial charge in [0.1, 0.15) is 18.2 Å². The Morgan fingerprint density at radius 1 is 1.19 bits per heavy atom. The Bertz CT molecular complexity index is 864. The van der Waals surface area contributed by atoms with E-state index in [1.807, 2.05) is 0 Å². The number of ketones is 1. The van der Waals surface area contributed by atoms with Gasteiger partial charge in [-0.25, -0.2) is 4.98 Å². The highest BCUT2D eigenvalue weighted by molar-refractivity contribution is 5.87. The summed E-state index contributed by atoms with van der Waals surface area (Å²) in [5.41, 5.74) is 7.13. The highest BCUT2D eigenvalue weighted by Gasteiger charge is 2.60. The number of nitrogens with two attached hydrogens (primary N) is 1. The average Bonchev–Trinajstić information content (AvgIpc) is 3.35. The van der Waals surface area contributed by atoms with E-state index < -0.39 is 0 Å². The molecule has 4 aliphatic carbocycles. The number of carbonyl (C=O) groups is 1. The molecule has 6 nitrogen and oxygen atoms in total. The first-order valence-corrected chi connectivity index (χ1v) is 12.3. The Hall–Kier alpha value is -1.69. The lowest BCUT2D eigenvalue weighted by molar-refractivity contribution is -0.137. The van der Waals surface area contributed by atoms with Gasteiger partial charge in [-0.1, -0.05) is 19.0 Å². The maximum atomic E-state index is 12.6. The van der Waals surface area contributed by atoms with Gasteiger partial charge in [-0.15, -0.1) is 0 Å². The second kappa shape index (κ2) is 8.02. The van der Waals surface area contributed by atoms with Gasteiger partial charge in [0.15, 0.2) is 0 Å². The van der Waals surface area contributed by atoms with Crippen LogP contribution in [0.4, 0.5) is 0 Å². The second-order valence-electron chi connectivity index (χ2n) is 10.9. The molecule has 0 bridgehead atoms. The summed E-state index contributed by atoms with van der Waals surface area (Å²) in [4.78, 5) is 22.4. The van der Waals surface area contributed by atoms with Gasteiger partial charge in [-0.3, -0.25) is 4.79 Å². The quantitative estimate of drug-likeness (QED) is 0.545. The lowest BCUT2D eigenvalue weighted by atomic mass is 9.45. The van der Waals surface area contributed by atoms with E-state index in [0.29, 0.717) is 48.5 Å². The Morgan fingerprint density at radius 3 is 2.87 bits per heavy atom. The van der Waals surface area contributed by atoms with Crippen LogP contribution in [0.1, 0.15) is 83.3 Å². The van der Waals surface area contributed by atoms with Gasteiger partial charge >= 0.3 is 0 Å². The smallest absolute Gasteiger partial charge is 0.208 e. The topological polar surface area (TPSA) is 90.7 Å². The van der Waals surface area contributed by atoms with Crippen LogP contribution in [0, 0.1) is 34.5 Å². The van der Waals surface area contributed by atoms with Crippen LogP contribution in [0.25, 0.3) is 0 Å². The highest BCUT2D eigenvalue weighted by atomic mass is 16.6. The van der Waals surface area contributed by atoms with Crippen molar-refractivity contribution >= 4 is 11.5 Å². The number of fused-ring (bicyclic) bond motifs is 5. The first-order chi connectivity index (χ1) is 14.9. The third-order valence-electron chi connectivity index (χ3n) is 9.62. The normalized spacial score (nSPS) is 41.0. The number of nitrogens with zero attached hydrogens (tertiary/aromatic N) is 2. The fraction of sp³-hybridized carbons (Fsp3) is 0.800. The minimum Gasteiger partial charge on any atom is -0.444 e. The van der Waals surface area contributed by atoms with Crippen molar-refractivity contribution in [2.75, 3.05) is 6.61 Å². The van der Waals surface area contributed by atoms with E-state index in [1.165, 1.54) is 31.4 Å². The predicted octanol–water partition coefficient (Wildman–Crippen LogP) is 4.66. The van der Waals surface area contributed by atoms with Gasteiger partial charge in [0.05, 0.1) is 18.5 Å². The molecular weight excluding hydrogens is 390 g/mol. The number of hydrogen-bond donors (Lipinski definition) is 1. The number of hydrogen-bond acceptors (Lipinski definition) is 6. The Labute approximate surface area is 185 Å². The van der Waals surface area contributed by atoms with Crippen LogP contribution in [0.2, 0.25) is 0 Å². The van der Waals surface area contributed by atoms with Gasteiger partial charge in [0, 0.05) is 18.3 Å². The Balaban J connectivity index is 1.19. The van der Waals surface area contributed by atoms with E-state index in [9.17, 15) is 4.79 Å². The van der Waals surface area contributed by atoms with Crippen molar-refractivity contribution in [1.82, 2.24) is 4.98 Å². The van der Waals surface area contributed by atoms with E-state index in [-0.39, 0.29) is 5.41 Å². The van der Waals surface area contributed by atoms with Gasteiger partial charge in [-0.2, -0.15) is 0 Å². The molecule has 0 amide bonds. The van der Waals surface area contributed by atoms with Crippen molar-refractivity contribution in [2.45, 2.75) is 84.6 Å². The van der Waals surface area contributed by atoms with E-state index >= 15 is 0 Å². The largest absolute Gasteiger partial charge is 0.444 e. The molecule has 6 atom stereocenters. The Kier molecular flexibility index (Phi) is 5.48. The van der Waals surface area contributed by atoms with Crippen molar-refractivity contribution in [1.29, 1.82) is 0 Å². The number of rotatable bonds is 5. The number of oxime groups is 1. The molecule has 4 fully saturated rings. The molecule has 4 saturated carbocycles. The molecule has 0 spiro atoms. The van der Waals surface area contributed by atoms with E-state index in [1.54, 1.807) is 6.20 Å². The summed E-state index contributed by atoms with van der Waals surface area (Å²) < 4.78 is 5.52. The summed E-state index contributed by atoms with van der Waals surface area (Å²) in [6, 6.07) is 0. The van der Waals surface area contributed by atoms with Crippen molar-refractivity contribution in [3.63, 3.8) is 0 Å². The minimum atomic E-state index is -0.0199. The fourth-order valence-electron chi connectivity index (χ4n) is 7.75. The molecule has 0 aliphatic heterocycles. The van der Waals surface area contributed by atoms with E-state index in [0.717, 1.165) is 49.7 Å². The SMILES string of the molecule is C[C@]12CC/C(=N/OCCc3cnc(CN)o3)CC1CCC1C2CC[C@]2(C)C(=O)CCC12. The summed E-state index contributed by atoms with van der Waals surface area (Å²) in [7, 11) is 0. The van der Waals surface area contributed by atoms with Crippen molar-refractivity contribution in [3.8, 4) is 0 Å². The minimum absolute atomic E-state index is 0.0199. The van der Waals surface area contributed by atoms with Gasteiger partial charge < -0.3 is 15.0 Å². The van der Waals surface area contributed by atoms with Crippen LogP contribution >= 0.6 is 0 Å². The summed E-state index contributed by atoms with van der Waals surface area (Å²) in [5, 5.41) is 4.51. The van der Waals surface area contributed by atoms with Crippen LogP contribution in [0.3, 0.4) is 0 Å². The van der Waals surface area contributed by atoms with Crippen molar-refractivity contribution in [2.24, 2.45) is 45.4 Å². The molecule has 0 aromatic carbocycles. The van der Waals surface area contributed by atoms with Gasteiger partial charge in [-0.05, 0) is 80.5 Å². The maximum Gasteiger partial charge on any atom is 0.208 e. The van der Waals surface area contributed by atoms with Crippen molar-refractivity contribution < 1.29 is 14.0 Å². The third kappa shape index (κ3) is 3.55. The molecule has 6 heteroatoms. The standard InChI is InChI=1S/C25H37N3O3/c1-24-10-7-17(28-30-12-9-18-15-27-23(14-26)31-18)13-16(24)3-4-19-20-5-6-22(29)25(20,2)11-8-21(19)24/h15-16,19-21H,3-14,26H2,1-2H3/b28-17-/t16?,19?,20?,21?,24-,25-/m0/s1. The summed E-state index contributed by atoms with van der Waals surface area (Å²) >= 11 is 0. The lowest BCUT2D eigenvalue weighted by Gasteiger charge is -2.59. The molecule has 0 saturated heterocycles. The highest BCUT2D eigenvalue weighted by Crippen LogP contribution is 2.65. The molecule has 2 N–H and O–H groups in total. The number of Topliss-reactive ketones (excluding diaryl/α,β-unsaturated/α-hetero) is 1. The van der Waals surface area contributed by atoms with Crippen LogP contribution in [0.15, 0.2) is 15.8 Å². The summed E-state index contributed by atoms with van der Waals surface area (Å²) in [6.45, 7) is 5.64. The molecule has 31 heavy (non-hydrogen) atoms. The average molecular weight is 428 g/mol. The summed E-state index contributed by atoms with van der Waals surface area (Å²) in [6.07, 6.45) is 12.6. The molecule has 4 aliphatic rings. The maximum absolute atomic E-state index is 12.6. The molecule has 4 unspecified atom stereocenters. The third-order valence-corrected chi connectivity index (χ3v) is 9.62. The van der Waals surface area contributed by atoms with Crippen LogP contribution in [-0.2, 0) is 22.6 Å². The monoisotopic (exact) mass is 427 g/mol. The molecular formula is C25H37N3O3. The van der Waals surface area contributed by atoms with Gasteiger partial charge in [0.25, 0.3) is 0 Å². The summed E-state index contributed by atoms with van der Waals surface area (Å²) in [5.74, 6) is 4.77. The Morgan fingerprint density at radius 2 is 2.06 bits per heavy atom. The second-order valence-corrected chi connectivity index (χ2v) is 10.9. The first-order valence-electron chi connectivity index (χ1n) is 12.3. The number of oxazole rings is 1. The fourth-order valence-corrected chi connectivity index (χ4v) is 7.75. The van der Waals surface area contributed by atoms with E-state index in [4.69, 9.17) is 15.0 Å². The predicted molar refractivity (Wildman–Crippen MR) is 118 cm³/mol. The van der Waals surface area contributed by atoms with E-state index in [2.05, 4.69) is 24.0 Å². The zero-order chi connectivity index (χ0) is 21.6. The van der Waals surface area contributed by atoms with Gasteiger partial charge in [0.2, 0.25) is 5.89 Å². The van der Waals surface area contributed by atoms with Crippen LogP contribution < -0.4 is 5.73 Å². The zero-order valence-electron chi connectivity index (χ0n) is 19.1. The molecule has 1 aromatic heterocycles. The molecule has 1 heterocycles. The van der Waals surface area contributed by atoms with Crippen LogP contribution in [0.5, 0.6) is 0 Å². The first kappa shape index (κ1) is 21.2. The lowest BCUT2D eigenvalue weighted by Crippen LogP contribution is -2.53. The molecule has 0 radical (unpaired) electrons. The van der Waals surface area contributed by atoms with Crippen molar-refractivity contribution in [3.05, 3.63) is 17.8 Å².